The third kappa shape index (κ3) is 1.74. The van der Waals surface area contributed by atoms with Gasteiger partial charge in [-0.1, -0.05) is 19.8 Å². The molecule has 0 spiro atoms. The molecule has 0 aromatic carbocycles. The lowest BCUT2D eigenvalue weighted by molar-refractivity contribution is 0.00578. The standard InChI is InChI=1S/C12H23BO2/c1-10(2)11(3,4)15-13(14-10)12(5)8-6-7-9-12/h6-9H2,1-5H3. The second-order valence-corrected chi connectivity index (χ2v) is 6.45. The lowest BCUT2D eigenvalue weighted by atomic mass is 9.57. The maximum absolute atomic E-state index is 6.13. The zero-order chi connectivity index (χ0) is 11.3. The first kappa shape index (κ1) is 11.5. The van der Waals surface area contributed by atoms with Crippen molar-refractivity contribution in [3.63, 3.8) is 0 Å². The van der Waals surface area contributed by atoms with E-state index in [1.165, 1.54) is 25.7 Å². The van der Waals surface area contributed by atoms with Crippen LogP contribution in [0.2, 0.25) is 5.31 Å². The highest BCUT2D eigenvalue weighted by molar-refractivity contribution is 6.49. The van der Waals surface area contributed by atoms with E-state index in [0.29, 0.717) is 0 Å². The Kier molecular flexibility index (Phi) is 2.48. The molecule has 0 unspecified atom stereocenters. The topological polar surface area (TPSA) is 18.5 Å². The van der Waals surface area contributed by atoms with E-state index < -0.39 is 0 Å². The fourth-order valence-corrected chi connectivity index (χ4v) is 2.55. The van der Waals surface area contributed by atoms with Crippen molar-refractivity contribution < 1.29 is 9.31 Å². The van der Waals surface area contributed by atoms with Crippen LogP contribution in [-0.2, 0) is 9.31 Å². The summed E-state index contributed by atoms with van der Waals surface area (Å²) in [5.74, 6) is 0. The van der Waals surface area contributed by atoms with Gasteiger partial charge in [0.2, 0.25) is 0 Å². The molecule has 2 fully saturated rings. The van der Waals surface area contributed by atoms with Crippen LogP contribution < -0.4 is 0 Å². The van der Waals surface area contributed by atoms with Gasteiger partial charge in [0.05, 0.1) is 11.2 Å². The third-order valence-electron chi connectivity index (χ3n) is 4.57. The van der Waals surface area contributed by atoms with E-state index in [1.54, 1.807) is 0 Å². The van der Waals surface area contributed by atoms with E-state index in [0.717, 1.165) is 0 Å². The minimum absolute atomic E-state index is 0.00926. The predicted octanol–water partition coefficient (Wildman–Crippen LogP) is 3.41. The molecule has 2 nitrogen and oxygen atoms in total. The van der Waals surface area contributed by atoms with Crippen LogP contribution in [-0.4, -0.2) is 18.3 Å². The van der Waals surface area contributed by atoms with Crippen LogP contribution in [0.1, 0.15) is 60.3 Å². The van der Waals surface area contributed by atoms with Crippen LogP contribution in [0.4, 0.5) is 0 Å². The van der Waals surface area contributed by atoms with Gasteiger partial charge in [-0.15, -0.1) is 0 Å². The number of rotatable bonds is 1. The van der Waals surface area contributed by atoms with Crippen molar-refractivity contribution in [1.29, 1.82) is 0 Å². The van der Waals surface area contributed by atoms with Crippen LogP contribution in [0.5, 0.6) is 0 Å². The summed E-state index contributed by atoms with van der Waals surface area (Å²) in [6, 6.07) is 0. The van der Waals surface area contributed by atoms with Crippen molar-refractivity contribution in [2.24, 2.45) is 0 Å². The molecule has 0 amide bonds. The van der Waals surface area contributed by atoms with Gasteiger partial charge in [0.25, 0.3) is 0 Å². The Hall–Kier alpha value is -0.0151. The van der Waals surface area contributed by atoms with Crippen molar-refractivity contribution >= 4 is 7.12 Å². The first-order valence-corrected chi connectivity index (χ1v) is 6.13. The smallest absolute Gasteiger partial charge is 0.403 e. The fraction of sp³-hybridized carbons (Fsp3) is 1.00. The Bertz CT molecular complexity index is 238. The predicted molar refractivity (Wildman–Crippen MR) is 62.9 cm³/mol. The van der Waals surface area contributed by atoms with Gasteiger partial charge in [0.1, 0.15) is 0 Å². The molecule has 0 aromatic rings. The van der Waals surface area contributed by atoms with E-state index in [9.17, 15) is 0 Å². The summed E-state index contributed by atoms with van der Waals surface area (Å²) in [6.45, 7) is 10.8. The molecule has 0 N–H and O–H groups in total. The van der Waals surface area contributed by atoms with Crippen LogP contribution in [0.3, 0.4) is 0 Å². The Balaban J connectivity index is 2.15. The summed E-state index contributed by atoms with van der Waals surface area (Å²) < 4.78 is 12.3. The van der Waals surface area contributed by atoms with E-state index in [2.05, 4.69) is 34.6 Å². The van der Waals surface area contributed by atoms with Crippen molar-refractivity contribution in [2.75, 3.05) is 0 Å². The van der Waals surface area contributed by atoms with Gasteiger partial charge in [-0.05, 0) is 40.5 Å². The molecule has 3 heteroatoms. The molecule has 0 atom stereocenters. The van der Waals surface area contributed by atoms with Crippen LogP contribution in [0, 0.1) is 0 Å². The third-order valence-corrected chi connectivity index (χ3v) is 4.57. The van der Waals surface area contributed by atoms with Crippen molar-refractivity contribution in [3.8, 4) is 0 Å². The van der Waals surface area contributed by atoms with Crippen molar-refractivity contribution in [3.05, 3.63) is 0 Å². The second kappa shape index (κ2) is 3.24. The van der Waals surface area contributed by atoms with Crippen LogP contribution >= 0.6 is 0 Å². The van der Waals surface area contributed by atoms with E-state index in [4.69, 9.17) is 9.31 Å². The van der Waals surface area contributed by atoms with Crippen molar-refractivity contribution in [1.82, 2.24) is 0 Å². The molecule has 1 saturated heterocycles. The lowest BCUT2D eigenvalue weighted by Gasteiger charge is -2.32. The maximum Gasteiger partial charge on any atom is 0.464 e. The molecule has 86 valence electrons. The van der Waals surface area contributed by atoms with Crippen LogP contribution in [0.15, 0.2) is 0 Å². The van der Waals surface area contributed by atoms with Gasteiger partial charge in [-0.25, -0.2) is 0 Å². The molecule has 1 saturated carbocycles. The summed E-state index contributed by atoms with van der Waals surface area (Å²) in [5, 5.41) is 0.241. The van der Waals surface area contributed by atoms with Gasteiger partial charge < -0.3 is 9.31 Å². The zero-order valence-electron chi connectivity index (χ0n) is 10.7. The van der Waals surface area contributed by atoms with Gasteiger partial charge in [0, 0.05) is 5.31 Å². The quantitative estimate of drug-likeness (QED) is 0.617. The highest BCUT2D eigenvalue weighted by Gasteiger charge is 2.58. The second-order valence-electron chi connectivity index (χ2n) is 6.45. The number of hydrogen-bond acceptors (Lipinski definition) is 2. The summed E-state index contributed by atoms with van der Waals surface area (Å²) in [5.41, 5.74) is -0.355. The van der Waals surface area contributed by atoms with Gasteiger partial charge in [-0.3, -0.25) is 0 Å². The summed E-state index contributed by atoms with van der Waals surface area (Å²) in [6.07, 6.45) is 5.12. The Morgan fingerprint density at radius 3 is 1.60 bits per heavy atom. The molecule has 2 rings (SSSR count). The largest absolute Gasteiger partial charge is 0.464 e. The average molecular weight is 210 g/mol. The minimum Gasteiger partial charge on any atom is -0.403 e. The summed E-state index contributed by atoms with van der Waals surface area (Å²) in [4.78, 5) is 0. The molecular weight excluding hydrogens is 187 g/mol. The highest BCUT2D eigenvalue weighted by atomic mass is 16.7. The Morgan fingerprint density at radius 1 is 0.800 bits per heavy atom. The molecule has 0 bridgehead atoms. The van der Waals surface area contributed by atoms with E-state index in [1.807, 2.05) is 0 Å². The molecule has 1 aliphatic heterocycles. The van der Waals surface area contributed by atoms with Gasteiger partial charge >= 0.3 is 7.12 Å². The fourth-order valence-electron chi connectivity index (χ4n) is 2.55. The lowest BCUT2D eigenvalue weighted by Crippen LogP contribution is -2.41. The molecule has 1 heterocycles. The first-order valence-electron chi connectivity index (χ1n) is 6.13. The monoisotopic (exact) mass is 210 g/mol. The summed E-state index contributed by atoms with van der Waals surface area (Å²) in [7, 11) is -0.00926. The highest BCUT2D eigenvalue weighted by Crippen LogP contribution is 2.52. The van der Waals surface area contributed by atoms with E-state index in [-0.39, 0.29) is 23.6 Å². The van der Waals surface area contributed by atoms with Crippen LogP contribution in [0.25, 0.3) is 0 Å². The molecule has 15 heavy (non-hydrogen) atoms. The van der Waals surface area contributed by atoms with Crippen molar-refractivity contribution in [2.45, 2.75) is 76.8 Å². The van der Waals surface area contributed by atoms with Gasteiger partial charge in [0.15, 0.2) is 0 Å². The average Bonchev–Trinajstić information content (AvgIpc) is 2.58. The molecular formula is C12H23BO2. The molecule has 0 aromatic heterocycles. The SMILES string of the molecule is CC1(B2OC(C)(C)C(C)(C)O2)CCCC1. The molecule has 2 aliphatic rings. The zero-order valence-corrected chi connectivity index (χ0v) is 10.7. The van der Waals surface area contributed by atoms with Gasteiger partial charge in [-0.2, -0.15) is 0 Å². The normalized spacial score (nSPS) is 32.2. The molecule has 0 radical (unpaired) electrons. The molecule has 1 aliphatic carbocycles. The first-order chi connectivity index (χ1) is 6.77. The minimum atomic E-state index is -0.177. The Morgan fingerprint density at radius 2 is 1.20 bits per heavy atom. The van der Waals surface area contributed by atoms with E-state index >= 15 is 0 Å². The Labute approximate surface area is 93.9 Å². The summed E-state index contributed by atoms with van der Waals surface area (Å²) >= 11 is 0. The number of hydrogen-bond donors (Lipinski definition) is 0. The maximum atomic E-state index is 6.13.